The first-order valence-corrected chi connectivity index (χ1v) is 6.56. The van der Waals surface area contributed by atoms with E-state index in [1.54, 1.807) is 31.2 Å². The Morgan fingerprint density at radius 3 is 2.44 bits per heavy atom. The van der Waals surface area contributed by atoms with Gasteiger partial charge in [0.1, 0.15) is 5.75 Å². The first-order valence-electron chi connectivity index (χ1n) is 6.19. The van der Waals surface area contributed by atoms with Gasteiger partial charge in [-0.25, -0.2) is 0 Å². The van der Waals surface area contributed by atoms with Crippen LogP contribution in [0.2, 0.25) is 5.02 Å². The molecule has 3 nitrogen and oxygen atoms in total. The van der Waals surface area contributed by atoms with Gasteiger partial charge in [0.2, 0.25) is 0 Å². The van der Waals surface area contributed by atoms with Gasteiger partial charge in [0.15, 0.2) is 6.10 Å². The Bertz CT molecular complexity index is 376. The fourth-order valence-corrected chi connectivity index (χ4v) is 1.52. The van der Waals surface area contributed by atoms with Crippen molar-refractivity contribution in [2.45, 2.75) is 33.3 Å². The maximum atomic E-state index is 11.7. The molecule has 1 unspecified atom stereocenters. The van der Waals surface area contributed by atoms with Crippen molar-refractivity contribution in [1.82, 2.24) is 5.32 Å². The van der Waals surface area contributed by atoms with Crippen molar-refractivity contribution in [3.63, 3.8) is 0 Å². The minimum Gasteiger partial charge on any atom is -0.481 e. The molecule has 18 heavy (non-hydrogen) atoms. The fourth-order valence-electron chi connectivity index (χ4n) is 1.40. The first kappa shape index (κ1) is 14.8. The van der Waals surface area contributed by atoms with Gasteiger partial charge in [0, 0.05) is 11.6 Å². The zero-order chi connectivity index (χ0) is 13.5. The highest BCUT2D eigenvalue weighted by molar-refractivity contribution is 6.30. The molecule has 0 aromatic heterocycles. The van der Waals surface area contributed by atoms with E-state index in [2.05, 4.69) is 19.2 Å². The minimum absolute atomic E-state index is 0.0920. The van der Waals surface area contributed by atoms with E-state index < -0.39 is 6.10 Å². The summed E-state index contributed by atoms with van der Waals surface area (Å²) < 4.78 is 5.52. The van der Waals surface area contributed by atoms with Crippen LogP contribution in [0, 0.1) is 5.92 Å². The third kappa shape index (κ3) is 5.41. The second kappa shape index (κ2) is 7.27. The van der Waals surface area contributed by atoms with E-state index >= 15 is 0 Å². The summed E-state index contributed by atoms with van der Waals surface area (Å²) in [5.74, 6) is 1.13. The lowest BCUT2D eigenvalue weighted by Crippen LogP contribution is -2.37. The molecule has 1 rings (SSSR count). The number of carbonyl (C=O) groups excluding carboxylic acids is 1. The molecule has 0 heterocycles. The topological polar surface area (TPSA) is 38.3 Å². The van der Waals surface area contributed by atoms with Crippen LogP contribution in [0.15, 0.2) is 24.3 Å². The molecule has 0 fully saturated rings. The number of rotatable bonds is 6. The van der Waals surface area contributed by atoms with Crippen LogP contribution < -0.4 is 10.1 Å². The first-order chi connectivity index (χ1) is 8.49. The molecule has 0 aliphatic carbocycles. The number of hydrogen-bond acceptors (Lipinski definition) is 2. The Kier molecular flexibility index (Phi) is 5.99. The lowest BCUT2D eigenvalue weighted by Gasteiger charge is -2.15. The summed E-state index contributed by atoms with van der Waals surface area (Å²) >= 11 is 5.77. The van der Waals surface area contributed by atoms with Crippen molar-refractivity contribution in [1.29, 1.82) is 0 Å². The van der Waals surface area contributed by atoms with Gasteiger partial charge in [-0.3, -0.25) is 4.79 Å². The third-order valence-electron chi connectivity index (χ3n) is 2.52. The molecule has 4 heteroatoms. The average molecular weight is 270 g/mol. The predicted octanol–water partition coefficient (Wildman–Crippen LogP) is 3.27. The summed E-state index contributed by atoms with van der Waals surface area (Å²) in [6.45, 7) is 6.67. The number of nitrogens with one attached hydrogen (secondary N) is 1. The highest BCUT2D eigenvalue weighted by Crippen LogP contribution is 2.16. The summed E-state index contributed by atoms with van der Waals surface area (Å²) in [5.41, 5.74) is 0. The van der Waals surface area contributed by atoms with E-state index in [4.69, 9.17) is 16.3 Å². The van der Waals surface area contributed by atoms with Gasteiger partial charge in [0.25, 0.3) is 5.91 Å². The number of ether oxygens (including phenoxy) is 1. The quantitative estimate of drug-likeness (QED) is 0.861. The second-order valence-electron chi connectivity index (χ2n) is 4.69. The molecule has 1 amide bonds. The zero-order valence-electron chi connectivity index (χ0n) is 11.1. The van der Waals surface area contributed by atoms with E-state index in [1.165, 1.54) is 0 Å². The van der Waals surface area contributed by atoms with Crippen molar-refractivity contribution >= 4 is 17.5 Å². The maximum absolute atomic E-state index is 11.7. The summed E-state index contributed by atoms with van der Waals surface area (Å²) in [6.07, 6.45) is 0.470. The fraction of sp³-hybridized carbons (Fsp3) is 0.500. The summed E-state index contributed by atoms with van der Waals surface area (Å²) in [5, 5.41) is 3.50. The Morgan fingerprint density at radius 1 is 1.28 bits per heavy atom. The smallest absolute Gasteiger partial charge is 0.260 e. The van der Waals surface area contributed by atoms with E-state index in [1.807, 2.05) is 0 Å². The monoisotopic (exact) mass is 269 g/mol. The number of amides is 1. The SMILES string of the molecule is CC(C)CCNC(=O)C(C)Oc1ccc(Cl)cc1. The van der Waals surface area contributed by atoms with Gasteiger partial charge in [-0.15, -0.1) is 0 Å². The highest BCUT2D eigenvalue weighted by Gasteiger charge is 2.13. The van der Waals surface area contributed by atoms with Gasteiger partial charge in [0.05, 0.1) is 0 Å². The van der Waals surface area contributed by atoms with Gasteiger partial charge < -0.3 is 10.1 Å². The highest BCUT2D eigenvalue weighted by atomic mass is 35.5. The zero-order valence-corrected chi connectivity index (χ0v) is 11.8. The van der Waals surface area contributed by atoms with E-state index in [9.17, 15) is 4.79 Å². The van der Waals surface area contributed by atoms with Crippen molar-refractivity contribution < 1.29 is 9.53 Å². The third-order valence-corrected chi connectivity index (χ3v) is 2.77. The number of benzene rings is 1. The van der Waals surface area contributed by atoms with Gasteiger partial charge in [-0.1, -0.05) is 25.4 Å². The molecule has 0 radical (unpaired) electrons. The Morgan fingerprint density at radius 2 is 1.89 bits per heavy atom. The summed E-state index contributed by atoms with van der Waals surface area (Å²) in [7, 11) is 0. The molecular weight excluding hydrogens is 250 g/mol. The van der Waals surface area contributed by atoms with Crippen LogP contribution in [-0.4, -0.2) is 18.6 Å². The molecule has 1 aromatic carbocycles. The summed E-state index contributed by atoms with van der Waals surface area (Å²) in [4.78, 5) is 11.7. The van der Waals surface area contributed by atoms with Crippen LogP contribution in [0.3, 0.4) is 0 Å². The van der Waals surface area contributed by atoms with Crippen molar-refractivity contribution in [2.24, 2.45) is 5.92 Å². The van der Waals surface area contributed by atoms with Crippen LogP contribution in [0.1, 0.15) is 27.2 Å². The van der Waals surface area contributed by atoms with Crippen LogP contribution in [0.5, 0.6) is 5.75 Å². The Hall–Kier alpha value is -1.22. The molecule has 1 N–H and O–H groups in total. The maximum Gasteiger partial charge on any atom is 0.260 e. The van der Waals surface area contributed by atoms with Crippen LogP contribution in [0.25, 0.3) is 0 Å². The molecule has 0 bridgehead atoms. The second-order valence-corrected chi connectivity index (χ2v) is 5.12. The van der Waals surface area contributed by atoms with E-state index in [0.717, 1.165) is 6.42 Å². The molecule has 100 valence electrons. The number of halogens is 1. The van der Waals surface area contributed by atoms with Gasteiger partial charge >= 0.3 is 0 Å². The predicted molar refractivity (Wildman–Crippen MR) is 74.0 cm³/mol. The van der Waals surface area contributed by atoms with Crippen LogP contribution in [0.4, 0.5) is 0 Å². The summed E-state index contributed by atoms with van der Waals surface area (Å²) in [6, 6.07) is 6.97. The minimum atomic E-state index is -0.502. The molecular formula is C14H20ClNO2. The molecule has 0 spiro atoms. The molecule has 0 saturated heterocycles. The van der Waals surface area contributed by atoms with E-state index in [0.29, 0.717) is 23.2 Å². The van der Waals surface area contributed by atoms with Crippen molar-refractivity contribution in [3.8, 4) is 5.75 Å². The molecule has 1 atom stereocenters. The molecule has 1 aromatic rings. The largest absolute Gasteiger partial charge is 0.481 e. The lowest BCUT2D eigenvalue weighted by molar-refractivity contribution is -0.127. The number of carbonyl (C=O) groups is 1. The molecule has 0 aliphatic heterocycles. The van der Waals surface area contributed by atoms with Gasteiger partial charge in [-0.05, 0) is 43.5 Å². The van der Waals surface area contributed by atoms with Crippen LogP contribution >= 0.6 is 11.6 Å². The van der Waals surface area contributed by atoms with Crippen molar-refractivity contribution in [2.75, 3.05) is 6.54 Å². The van der Waals surface area contributed by atoms with Crippen molar-refractivity contribution in [3.05, 3.63) is 29.3 Å². The molecule has 0 saturated carbocycles. The average Bonchev–Trinajstić information content (AvgIpc) is 2.31. The Labute approximate surface area is 113 Å². The normalized spacial score (nSPS) is 12.3. The van der Waals surface area contributed by atoms with Crippen LogP contribution in [-0.2, 0) is 4.79 Å². The van der Waals surface area contributed by atoms with E-state index in [-0.39, 0.29) is 5.91 Å². The standard InChI is InChI=1S/C14H20ClNO2/c1-10(2)8-9-16-14(17)11(3)18-13-6-4-12(15)5-7-13/h4-7,10-11H,8-9H2,1-3H3,(H,16,17). The number of hydrogen-bond donors (Lipinski definition) is 1. The van der Waals surface area contributed by atoms with Gasteiger partial charge in [-0.2, -0.15) is 0 Å². The Balaban J connectivity index is 2.37. The lowest BCUT2D eigenvalue weighted by atomic mass is 10.1. The molecule has 0 aliphatic rings.